The highest BCUT2D eigenvalue weighted by Gasteiger charge is 2.45. The quantitative estimate of drug-likeness (QED) is 0.690. The first kappa shape index (κ1) is 20.8. The zero-order chi connectivity index (χ0) is 20.7. The van der Waals surface area contributed by atoms with E-state index in [-0.39, 0.29) is 12.5 Å². The first-order chi connectivity index (χ1) is 14.0. The molecule has 154 valence electrons. The number of rotatable bonds is 8. The molecule has 0 heterocycles. The topological polar surface area (TPSA) is 64.6 Å². The molecule has 6 heteroatoms. The number of benzene rings is 2. The van der Waals surface area contributed by atoms with Crippen molar-refractivity contribution in [3.8, 4) is 5.75 Å². The fraction of sp³-hybridized carbons (Fsp3) is 0.391. The Kier molecular flexibility index (Phi) is 6.86. The van der Waals surface area contributed by atoms with E-state index in [1.165, 1.54) is 6.07 Å². The smallest absolute Gasteiger partial charge is 0.317 e. The summed E-state index contributed by atoms with van der Waals surface area (Å²) in [6.45, 7) is 0.0683. The van der Waals surface area contributed by atoms with E-state index >= 15 is 0 Å². The minimum Gasteiger partial charge on any atom is -0.497 e. The van der Waals surface area contributed by atoms with Gasteiger partial charge in [0.15, 0.2) is 6.61 Å². The molecule has 0 spiro atoms. The Labute approximate surface area is 170 Å². The molecule has 0 saturated heterocycles. The van der Waals surface area contributed by atoms with Gasteiger partial charge in [0.05, 0.1) is 12.5 Å². The molecule has 0 aromatic heterocycles. The van der Waals surface area contributed by atoms with Gasteiger partial charge in [-0.05, 0) is 43.0 Å². The van der Waals surface area contributed by atoms with Gasteiger partial charge in [-0.1, -0.05) is 43.2 Å². The van der Waals surface area contributed by atoms with Crippen LogP contribution in [0.2, 0.25) is 0 Å². The summed E-state index contributed by atoms with van der Waals surface area (Å²) in [5.74, 6) is -0.519. The van der Waals surface area contributed by atoms with Crippen molar-refractivity contribution in [2.24, 2.45) is 0 Å². The van der Waals surface area contributed by atoms with Gasteiger partial charge in [0.1, 0.15) is 11.6 Å². The monoisotopic (exact) mass is 399 g/mol. The van der Waals surface area contributed by atoms with Crippen LogP contribution in [0.3, 0.4) is 0 Å². The Morgan fingerprint density at radius 3 is 2.41 bits per heavy atom. The number of esters is 1. The van der Waals surface area contributed by atoms with Crippen LogP contribution in [0, 0.1) is 5.82 Å². The van der Waals surface area contributed by atoms with Crippen molar-refractivity contribution in [2.45, 2.75) is 37.5 Å². The largest absolute Gasteiger partial charge is 0.497 e. The molecule has 3 rings (SSSR count). The van der Waals surface area contributed by atoms with Crippen LogP contribution in [0.15, 0.2) is 48.5 Å². The maximum absolute atomic E-state index is 14.3. The van der Waals surface area contributed by atoms with Crippen molar-refractivity contribution < 1.29 is 23.5 Å². The van der Waals surface area contributed by atoms with Gasteiger partial charge in [-0.25, -0.2) is 4.39 Å². The highest BCUT2D eigenvalue weighted by atomic mass is 19.1. The molecule has 1 aliphatic carbocycles. The van der Waals surface area contributed by atoms with E-state index in [1.54, 1.807) is 25.3 Å². The normalized spacial score (nSPS) is 15.0. The van der Waals surface area contributed by atoms with Gasteiger partial charge in [0.25, 0.3) is 5.91 Å². The van der Waals surface area contributed by atoms with E-state index in [9.17, 15) is 14.0 Å². The number of nitrogens with one attached hydrogen (secondary N) is 1. The van der Waals surface area contributed by atoms with Crippen molar-refractivity contribution >= 4 is 11.9 Å². The number of carbonyl (C=O) groups excluding carboxylic acids is 2. The van der Waals surface area contributed by atoms with E-state index in [0.717, 1.165) is 24.2 Å². The number of methoxy groups -OCH3 is 1. The highest BCUT2D eigenvalue weighted by molar-refractivity contribution is 5.86. The van der Waals surface area contributed by atoms with Crippen LogP contribution in [0.1, 0.15) is 36.8 Å². The van der Waals surface area contributed by atoms with Gasteiger partial charge in [0.2, 0.25) is 0 Å². The molecule has 1 saturated carbocycles. The lowest BCUT2D eigenvalue weighted by atomic mass is 9.78. The van der Waals surface area contributed by atoms with E-state index in [2.05, 4.69) is 5.32 Å². The molecule has 0 aliphatic heterocycles. The second kappa shape index (κ2) is 9.54. The van der Waals surface area contributed by atoms with Crippen molar-refractivity contribution in [1.82, 2.24) is 5.32 Å². The fourth-order valence-electron chi connectivity index (χ4n) is 3.87. The second-order valence-corrected chi connectivity index (χ2v) is 7.29. The Balaban J connectivity index is 1.51. The Hall–Kier alpha value is -2.89. The molecule has 0 unspecified atom stereocenters. The molecule has 1 aliphatic rings. The van der Waals surface area contributed by atoms with Gasteiger partial charge in [-0.15, -0.1) is 0 Å². The van der Waals surface area contributed by atoms with Crippen molar-refractivity contribution in [3.63, 3.8) is 0 Å². The molecular formula is C23H26FNO4. The third-order valence-electron chi connectivity index (χ3n) is 5.47. The molecular weight excluding hydrogens is 373 g/mol. The van der Waals surface area contributed by atoms with Crippen molar-refractivity contribution in [2.75, 3.05) is 20.3 Å². The van der Waals surface area contributed by atoms with Crippen LogP contribution in [0.4, 0.5) is 4.39 Å². The minimum atomic E-state index is -0.991. The molecule has 0 bridgehead atoms. The van der Waals surface area contributed by atoms with E-state index in [1.807, 2.05) is 24.3 Å². The van der Waals surface area contributed by atoms with Crippen molar-refractivity contribution in [1.29, 1.82) is 0 Å². The van der Waals surface area contributed by atoms with Gasteiger partial charge >= 0.3 is 5.97 Å². The lowest BCUT2D eigenvalue weighted by molar-refractivity contribution is -0.154. The highest BCUT2D eigenvalue weighted by Crippen LogP contribution is 2.43. The molecule has 0 atom stereocenters. The fourth-order valence-corrected chi connectivity index (χ4v) is 3.87. The van der Waals surface area contributed by atoms with Crippen LogP contribution < -0.4 is 10.1 Å². The molecule has 2 aromatic carbocycles. The number of halogens is 1. The maximum atomic E-state index is 14.3. The number of ether oxygens (including phenoxy) is 2. The number of hydrogen-bond acceptors (Lipinski definition) is 4. The minimum absolute atomic E-state index is 0.363. The molecule has 5 nitrogen and oxygen atoms in total. The summed E-state index contributed by atoms with van der Waals surface area (Å²) in [6.07, 6.45) is 3.38. The summed E-state index contributed by atoms with van der Waals surface area (Å²) < 4.78 is 24.7. The van der Waals surface area contributed by atoms with Crippen molar-refractivity contribution in [3.05, 3.63) is 65.5 Å². The number of amides is 1. The standard InChI is InChI=1S/C23H26FNO4/c1-28-18-10-8-17(9-11-18)12-15-25-21(26)16-29-22(27)23(13-4-5-14-23)19-6-2-3-7-20(19)24/h2-3,6-11H,4-5,12-16H2,1H3,(H,25,26). The molecule has 1 N–H and O–H groups in total. The lowest BCUT2D eigenvalue weighted by Crippen LogP contribution is -2.38. The summed E-state index contributed by atoms with van der Waals surface area (Å²) in [5.41, 5.74) is 0.435. The zero-order valence-electron chi connectivity index (χ0n) is 16.6. The van der Waals surface area contributed by atoms with Gasteiger partial charge in [-0.2, -0.15) is 0 Å². The third kappa shape index (κ3) is 4.94. The van der Waals surface area contributed by atoms with Crippen LogP contribution in [-0.2, 0) is 26.2 Å². The van der Waals surface area contributed by atoms with Crippen LogP contribution >= 0.6 is 0 Å². The maximum Gasteiger partial charge on any atom is 0.317 e. The van der Waals surface area contributed by atoms with Crippen LogP contribution in [-0.4, -0.2) is 32.1 Å². The van der Waals surface area contributed by atoms with Gasteiger partial charge in [0, 0.05) is 12.1 Å². The van der Waals surface area contributed by atoms with E-state index in [4.69, 9.17) is 9.47 Å². The summed E-state index contributed by atoms with van der Waals surface area (Å²) >= 11 is 0. The van der Waals surface area contributed by atoms with Crippen LogP contribution in [0.5, 0.6) is 5.75 Å². The molecule has 0 radical (unpaired) electrons. The number of carbonyl (C=O) groups is 2. The molecule has 1 fully saturated rings. The van der Waals surface area contributed by atoms with E-state index in [0.29, 0.717) is 31.4 Å². The summed E-state index contributed by atoms with van der Waals surface area (Å²) in [7, 11) is 1.61. The van der Waals surface area contributed by atoms with Gasteiger partial charge < -0.3 is 14.8 Å². The second-order valence-electron chi connectivity index (χ2n) is 7.29. The zero-order valence-corrected chi connectivity index (χ0v) is 16.6. The summed E-state index contributed by atoms with van der Waals surface area (Å²) in [4.78, 5) is 24.9. The van der Waals surface area contributed by atoms with Gasteiger partial charge in [-0.3, -0.25) is 9.59 Å². The Morgan fingerprint density at radius 2 is 1.76 bits per heavy atom. The van der Waals surface area contributed by atoms with E-state index < -0.39 is 17.2 Å². The first-order valence-electron chi connectivity index (χ1n) is 9.87. The van der Waals surface area contributed by atoms with Crippen LogP contribution in [0.25, 0.3) is 0 Å². The third-order valence-corrected chi connectivity index (χ3v) is 5.47. The number of hydrogen-bond donors (Lipinski definition) is 1. The molecule has 2 aromatic rings. The Morgan fingerprint density at radius 1 is 1.07 bits per heavy atom. The summed E-state index contributed by atoms with van der Waals surface area (Å²) in [5, 5.41) is 2.75. The first-order valence-corrected chi connectivity index (χ1v) is 9.87. The average Bonchev–Trinajstić information content (AvgIpc) is 3.24. The molecule has 29 heavy (non-hydrogen) atoms. The predicted molar refractivity (Wildman–Crippen MR) is 107 cm³/mol. The average molecular weight is 399 g/mol. The lowest BCUT2D eigenvalue weighted by Gasteiger charge is -2.27. The summed E-state index contributed by atoms with van der Waals surface area (Å²) in [6, 6.07) is 13.9. The SMILES string of the molecule is COc1ccc(CCNC(=O)COC(=O)C2(c3ccccc3F)CCCC2)cc1. The molecule has 1 amide bonds. The predicted octanol–water partition coefficient (Wildman–Crippen LogP) is 3.55. The Bertz CT molecular complexity index is 844.